The SMILES string of the molecule is Cc1ccc(CCOCCOCCOCCOS(=O)(=O)c2ccc(C)cc2)cc1. The topological polar surface area (TPSA) is 71.1 Å². The summed E-state index contributed by atoms with van der Waals surface area (Å²) in [5.74, 6) is 0. The van der Waals surface area contributed by atoms with Crippen LogP contribution in [0.5, 0.6) is 0 Å². The van der Waals surface area contributed by atoms with Crippen LogP contribution >= 0.6 is 0 Å². The Morgan fingerprint density at radius 1 is 0.621 bits per heavy atom. The number of rotatable bonds is 14. The van der Waals surface area contributed by atoms with Crippen LogP contribution in [0.1, 0.15) is 16.7 Å². The van der Waals surface area contributed by atoms with Gasteiger partial charge >= 0.3 is 0 Å². The zero-order chi connectivity index (χ0) is 21.0. The average molecular weight is 423 g/mol. The first-order chi connectivity index (χ1) is 14.0. The maximum absolute atomic E-state index is 12.0. The molecule has 0 amide bonds. The molecule has 2 rings (SSSR count). The van der Waals surface area contributed by atoms with Crippen molar-refractivity contribution in [2.24, 2.45) is 0 Å². The second-order valence-electron chi connectivity index (χ2n) is 6.66. The molecule has 160 valence electrons. The van der Waals surface area contributed by atoms with E-state index < -0.39 is 10.1 Å². The molecule has 0 saturated heterocycles. The number of hydrogen-bond acceptors (Lipinski definition) is 6. The van der Waals surface area contributed by atoms with Gasteiger partial charge in [0.05, 0.1) is 51.1 Å². The van der Waals surface area contributed by atoms with E-state index in [-0.39, 0.29) is 18.1 Å². The number of ether oxygens (including phenoxy) is 3. The highest BCUT2D eigenvalue weighted by Gasteiger charge is 2.14. The van der Waals surface area contributed by atoms with Crippen molar-refractivity contribution in [3.8, 4) is 0 Å². The Morgan fingerprint density at radius 3 is 1.62 bits per heavy atom. The van der Waals surface area contributed by atoms with E-state index in [0.29, 0.717) is 33.0 Å². The van der Waals surface area contributed by atoms with E-state index >= 15 is 0 Å². The minimum Gasteiger partial charge on any atom is -0.379 e. The van der Waals surface area contributed by atoms with Crippen LogP contribution in [0.2, 0.25) is 0 Å². The van der Waals surface area contributed by atoms with Gasteiger partial charge in [-0.05, 0) is 38.0 Å². The van der Waals surface area contributed by atoms with Gasteiger partial charge < -0.3 is 14.2 Å². The molecule has 0 saturated carbocycles. The maximum Gasteiger partial charge on any atom is 0.297 e. The molecule has 0 radical (unpaired) electrons. The van der Waals surface area contributed by atoms with Crippen LogP contribution in [0, 0.1) is 13.8 Å². The predicted molar refractivity (Wildman–Crippen MR) is 112 cm³/mol. The van der Waals surface area contributed by atoms with Crippen LogP contribution in [0.25, 0.3) is 0 Å². The first kappa shape index (κ1) is 23.5. The van der Waals surface area contributed by atoms with Crippen molar-refractivity contribution in [3.63, 3.8) is 0 Å². The summed E-state index contributed by atoms with van der Waals surface area (Å²) in [4.78, 5) is 0.147. The molecule has 0 fully saturated rings. The van der Waals surface area contributed by atoms with E-state index in [1.807, 2.05) is 6.92 Å². The van der Waals surface area contributed by atoms with Crippen molar-refractivity contribution >= 4 is 10.1 Å². The summed E-state index contributed by atoms with van der Waals surface area (Å²) in [7, 11) is -3.74. The third-order valence-electron chi connectivity index (χ3n) is 4.18. The van der Waals surface area contributed by atoms with Crippen LogP contribution in [-0.4, -0.2) is 54.7 Å². The first-order valence-corrected chi connectivity index (χ1v) is 11.1. The lowest BCUT2D eigenvalue weighted by Crippen LogP contribution is -2.14. The Balaban J connectivity index is 1.42. The van der Waals surface area contributed by atoms with E-state index in [9.17, 15) is 8.42 Å². The molecule has 6 nitrogen and oxygen atoms in total. The summed E-state index contributed by atoms with van der Waals surface area (Å²) in [6.45, 7) is 6.60. The number of aryl methyl sites for hydroxylation is 2. The van der Waals surface area contributed by atoms with Crippen molar-refractivity contribution in [2.45, 2.75) is 25.2 Å². The third-order valence-corrected chi connectivity index (χ3v) is 5.50. The van der Waals surface area contributed by atoms with Crippen LogP contribution in [0.15, 0.2) is 53.4 Å². The highest BCUT2D eigenvalue weighted by molar-refractivity contribution is 7.86. The standard InChI is InChI=1S/C22H30O6S/c1-19-3-7-21(8-4-19)11-12-25-13-14-26-15-16-27-17-18-28-29(23,24)22-9-5-20(2)6-10-22/h3-10H,11-18H2,1-2H3. The Hall–Kier alpha value is -1.77. The smallest absolute Gasteiger partial charge is 0.297 e. The highest BCUT2D eigenvalue weighted by atomic mass is 32.2. The van der Waals surface area contributed by atoms with E-state index in [1.54, 1.807) is 12.1 Å². The largest absolute Gasteiger partial charge is 0.379 e. The molecule has 29 heavy (non-hydrogen) atoms. The molecular formula is C22H30O6S. The van der Waals surface area contributed by atoms with Gasteiger partial charge in [-0.25, -0.2) is 0 Å². The second kappa shape index (κ2) is 12.7. The van der Waals surface area contributed by atoms with E-state index in [0.717, 1.165) is 12.0 Å². The van der Waals surface area contributed by atoms with Crippen LogP contribution in [-0.2, 0) is 34.9 Å². The summed E-state index contributed by atoms with van der Waals surface area (Å²) in [6, 6.07) is 14.9. The lowest BCUT2D eigenvalue weighted by molar-refractivity contribution is 0.0102. The molecule has 0 aliphatic carbocycles. The fourth-order valence-corrected chi connectivity index (χ4v) is 3.36. The van der Waals surface area contributed by atoms with Crippen LogP contribution in [0.4, 0.5) is 0 Å². The summed E-state index contributed by atoms with van der Waals surface area (Å²) in [5, 5.41) is 0. The first-order valence-electron chi connectivity index (χ1n) is 9.72. The molecule has 0 aliphatic rings. The minimum atomic E-state index is -3.74. The lowest BCUT2D eigenvalue weighted by Gasteiger charge is -2.08. The van der Waals surface area contributed by atoms with Crippen molar-refractivity contribution in [1.82, 2.24) is 0 Å². The van der Waals surface area contributed by atoms with E-state index in [4.69, 9.17) is 18.4 Å². The molecule has 2 aromatic carbocycles. The van der Waals surface area contributed by atoms with Crippen molar-refractivity contribution < 1.29 is 26.8 Å². The van der Waals surface area contributed by atoms with Crippen LogP contribution < -0.4 is 0 Å². The lowest BCUT2D eigenvalue weighted by atomic mass is 10.1. The molecule has 7 heteroatoms. The van der Waals surface area contributed by atoms with Gasteiger partial charge in [-0.1, -0.05) is 47.5 Å². The van der Waals surface area contributed by atoms with E-state index in [2.05, 4.69) is 31.2 Å². The molecular weight excluding hydrogens is 392 g/mol. The van der Waals surface area contributed by atoms with Gasteiger partial charge in [0.2, 0.25) is 0 Å². The monoisotopic (exact) mass is 422 g/mol. The number of hydrogen-bond donors (Lipinski definition) is 0. The molecule has 0 unspecified atom stereocenters. The van der Waals surface area contributed by atoms with Gasteiger partial charge in [0.1, 0.15) is 0 Å². The van der Waals surface area contributed by atoms with Gasteiger partial charge in [0.25, 0.3) is 10.1 Å². The zero-order valence-electron chi connectivity index (χ0n) is 17.1. The van der Waals surface area contributed by atoms with Gasteiger partial charge in [-0.15, -0.1) is 0 Å². The Labute approximate surface area is 173 Å². The quantitative estimate of drug-likeness (QED) is 0.344. The molecule has 0 heterocycles. The maximum atomic E-state index is 12.0. The van der Waals surface area contributed by atoms with Crippen LogP contribution in [0.3, 0.4) is 0 Å². The summed E-state index contributed by atoms with van der Waals surface area (Å²) >= 11 is 0. The fraction of sp³-hybridized carbons (Fsp3) is 0.455. The van der Waals surface area contributed by atoms with Crippen molar-refractivity contribution in [2.75, 3.05) is 46.2 Å². The highest BCUT2D eigenvalue weighted by Crippen LogP contribution is 2.12. The third kappa shape index (κ3) is 9.51. The minimum absolute atomic E-state index is 0.0294. The molecule has 0 N–H and O–H groups in total. The molecule has 0 spiro atoms. The van der Waals surface area contributed by atoms with Gasteiger partial charge in [0, 0.05) is 0 Å². The second-order valence-corrected chi connectivity index (χ2v) is 8.28. The zero-order valence-corrected chi connectivity index (χ0v) is 17.9. The molecule has 0 bridgehead atoms. The molecule has 0 atom stereocenters. The molecule has 2 aromatic rings. The van der Waals surface area contributed by atoms with E-state index in [1.165, 1.54) is 23.3 Å². The average Bonchev–Trinajstić information content (AvgIpc) is 2.70. The Morgan fingerprint density at radius 2 is 1.07 bits per heavy atom. The summed E-state index contributed by atoms with van der Waals surface area (Å²) < 4.78 is 45.2. The fourth-order valence-electron chi connectivity index (χ4n) is 2.46. The Kier molecular flexibility index (Phi) is 10.3. The van der Waals surface area contributed by atoms with Gasteiger partial charge in [-0.2, -0.15) is 8.42 Å². The summed E-state index contributed by atoms with van der Waals surface area (Å²) in [5.41, 5.74) is 3.50. The van der Waals surface area contributed by atoms with Crippen molar-refractivity contribution in [1.29, 1.82) is 0 Å². The van der Waals surface area contributed by atoms with Gasteiger partial charge in [-0.3, -0.25) is 4.18 Å². The van der Waals surface area contributed by atoms with Gasteiger partial charge in [0.15, 0.2) is 0 Å². The number of benzene rings is 2. The molecule has 0 aliphatic heterocycles. The van der Waals surface area contributed by atoms with Crippen molar-refractivity contribution in [3.05, 3.63) is 65.2 Å². The normalized spacial score (nSPS) is 11.7. The molecule has 0 aromatic heterocycles. The Bertz CT molecular complexity index is 800. The summed E-state index contributed by atoms with van der Waals surface area (Å²) in [6.07, 6.45) is 0.884. The predicted octanol–water partition coefficient (Wildman–Crippen LogP) is 3.30.